The summed E-state index contributed by atoms with van der Waals surface area (Å²) in [6.45, 7) is 1.94. The number of esters is 1. The Morgan fingerprint density at radius 3 is 2.52 bits per heavy atom. The van der Waals surface area contributed by atoms with E-state index in [0.717, 1.165) is 10.8 Å². The van der Waals surface area contributed by atoms with Gasteiger partial charge in [-0.15, -0.1) is 0 Å². The minimum Gasteiger partial charge on any atom is -0.465 e. The summed E-state index contributed by atoms with van der Waals surface area (Å²) in [5.74, 6) is -1.75. The van der Waals surface area contributed by atoms with Crippen molar-refractivity contribution >= 4 is 22.5 Å². The highest BCUT2D eigenvalue weighted by atomic mass is 16.5. The maximum Gasteiger partial charge on any atom is 0.317 e. The van der Waals surface area contributed by atoms with E-state index in [1.165, 1.54) is 0 Å². The average molecular weight is 334 g/mol. The number of hydrogen-bond acceptors (Lipinski definition) is 5. The number of aromatic nitrogens is 2. The van der Waals surface area contributed by atoms with Crippen molar-refractivity contribution in [3.05, 3.63) is 72.1 Å². The van der Waals surface area contributed by atoms with E-state index in [0.29, 0.717) is 11.3 Å². The van der Waals surface area contributed by atoms with Gasteiger partial charge in [0.25, 0.3) is 0 Å². The first kappa shape index (κ1) is 16.8. The quantitative estimate of drug-likeness (QED) is 0.393. The second kappa shape index (κ2) is 7.66. The van der Waals surface area contributed by atoms with Gasteiger partial charge in [-0.25, -0.2) is 0 Å². The zero-order valence-corrected chi connectivity index (χ0v) is 13.9. The van der Waals surface area contributed by atoms with E-state index in [2.05, 4.69) is 10.2 Å². The molecule has 0 fully saturated rings. The van der Waals surface area contributed by atoms with Crippen LogP contribution >= 0.6 is 0 Å². The smallest absolute Gasteiger partial charge is 0.317 e. The third-order valence-electron chi connectivity index (χ3n) is 3.99. The fraction of sp³-hybridized carbons (Fsp3) is 0.200. The van der Waals surface area contributed by atoms with Gasteiger partial charge in [0.05, 0.1) is 18.5 Å². The van der Waals surface area contributed by atoms with Crippen LogP contribution in [0.4, 0.5) is 0 Å². The number of benzene rings is 2. The van der Waals surface area contributed by atoms with Gasteiger partial charge in [0.2, 0.25) is 0 Å². The summed E-state index contributed by atoms with van der Waals surface area (Å²) >= 11 is 0. The first-order valence-corrected chi connectivity index (χ1v) is 8.16. The summed E-state index contributed by atoms with van der Waals surface area (Å²) in [4.78, 5) is 25.3. The van der Waals surface area contributed by atoms with Crippen molar-refractivity contribution in [3.63, 3.8) is 0 Å². The van der Waals surface area contributed by atoms with Gasteiger partial charge in [-0.1, -0.05) is 54.6 Å². The molecule has 126 valence electrons. The van der Waals surface area contributed by atoms with Crippen molar-refractivity contribution in [2.24, 2.45) is 5.92 Å². The molecule has 0 aliphatic rings. The monoisotopic (exact) mass is 334 g/mol. The molecule has 0 aliphatic carbocycles. The number of hydrogen-bond donors (Lipinski definition) is 0. The molecule has 2 aromatic carbocycles. The van der Waals surface area contributed by atoms with Crippen LogP contribution in [0.2, 0.25) is 0 Å². The standard InChI is InChI=1S/C20H18N2O3/c1-2-25-20(24)17(19(23)14-8-4-3-5-9-14)12-18-16-11-7-6-10-15(16)13-21-22-18/h3-11,13,17H,2,12H2,1H3. The molecule has 3 aromatic rings. The fourth-order valence-corrected chi connectivity index (χ4v) is 2.76. The van der Waals surface area contributed by atoms with Crippen LogP contribution in [-0.4, -0.2) is 28.6 Å². The van der Waals surface area contributed by atoms with Gasteiger partial charge in [0, 0.05) is 22.8 Å². The summed E-state index contributed by atoms with van der Waals surface area (Å²) in [6.07, 6.45) is 1.82. The lowest BCUT2D eigenvalue weighted by Gasteiger charge is -2.15. The second-order valence-corrected chi connectivity index (χ2v) is 5.62. The van der Waals surface area contributed by atoms with Crippen LogP contribution in [0.25, 0.3) is 10.8 Å². The number of ether oxygens (including phenoxy) is 1. The van der Waals surface area contributed by atoms with E-state index in [9.17, 15) is 9.59 Å². The Morgan fingerprint density at radius 2 is 1.76 bits per heavy atom. The molecule has 0 saturated carbocycles. The van der Waals surface area contributed by atoms with Crippen LogP contribution in [0.5, 0.6) is 0 Å². The van der Waals surface area contributed by atoms with Crippen LogP contribution in [-0.2, 0) is 16.0 Å². The average Bonchev–Trinajstić information content (AvgIpc) is 2.66. The summed E-state index contributed by atoms with van der Waals surface area (Å²) in [5, 5.41) is 9.95. The molecule has 0 aliphatic heterocycles. The molecular weight excluding hydrogens is 316 g/mol. The summed E-state index contributed by atoms with van der Waals surface area (Å²) in [5.41, 5.74) is 1.09. The summed E-state index contributed by atoms with van der Waals surface area (Å²) in [6, 6.07) is 16.4. The SMILES string of the molecule is CCOC(=O)C(Cc1nncc2ccccc12)C(=O)c1ccccc1. The van der Waals surface area contributed by atoms with Gasteiger partial charge in [-0.2, -0.15) is 10.2 Å². The molecule has 0 bridgehead atoms. The summed E-state index contributed by atoms with van der Waals surface area (Å²) < 4.78 is 5.12. The Labute approximate surface area is 145 Å². The third kappa shape index (κ3) is 3.71. The Hall–Kier alpha value is -3.08. The zero-order valence-electron chi connectivity index (χ0n) is 13.9. The number of ketones is 1. The van der Waals surface area contributed by atoms with E-state index in [-0.39, 0.29) is 18.8 Å². The van der Waals surface area contributed by atoms with E-state index in [4.69, 9.17) is 4.74 Å². The van der Waals surface area contributed by atoms with Crippen LogP contribution in [0.15, 0.2) is 60.8 Å². The van der Waals surface area contributed by atoms with Crippen molar-refractivity contribution in [2.75, 3.05) is 6.61 Å². The minimum absolute atomic E-state index is 0.154. The van der Waals surface area contributed by atoms with Gasteiger partial charge in [-0.05, 0) is 6.92 Å². The molecule has 0 saturated heterocycles. The molecule has 1 unspecified atom stereocenters. The van der Waals surface area contributed by atoms with Crippen molar-refractivity contribution in [3.8, 4) is 0 Å². The Bertz CT molecular complexity index is 888. The topological polar surface area (TPSA) is 69.2 Å². The molecule has 0 spiro atoms. The maximum atomic E-state index is 12.9. The van der Waals surface area contributed by atoms with Crippen molar-refractivity contribution in [1.29, 1.82) is 0 Å². The molecule has 5 nitrogen and oxygen atoms in total. The Kier molecular flexibility index (Phi) is 5.14. The maximum absolute atomic E-state index is 12.9. The Morgan fingerprint density at radius 1 is 1.04 bits per heavy atom. The predicted octanol–water partition coefficient (Wildman–Crippen LogP) is 3.23. The lowest BCUT2D eigenvalue weighted by atomic mass is 9.92. The van der Waals surface area contributed by atoms with Gasteiger partial charge >= 0.3 is 5.97 Å². The highest BCUT2D eigenvalue weighted by Crippen LogP contribution is 2.21. The number of fused-ring (bicyclic) bond motifs is 1. The Balaban J connectivity index is 1.97. The third-order valence-corrected chi connectivity index (χ3v) is 3.99. The molecule has 0 radical (unpaired) electrons. The van der Waals surface area contributed by atoms with Crippen LogP contribution in [0.1, 0.15) is 23.0 Å². The lowest BCUT2D eigenvalue weighted by Crippen LogP contribution is -2.29. The number of nitrogens with zero attached hydrogens (tertiary/aromatic N) is 2. The molecule has 0 amide bonds. The largest absolute Gasteiger partial charge is 0.465 e. The first-order valence-electron chi connectivity index (χ1n) is 8.16. The van der Waals surface area contributed by atoms with E-state index >= 15 is 0 Å². The molecule has 25 heavy (non-hydrogen) atoms. The van der Waals surface area contributed by atoms with Gasteiger partial charge in [0.1, 0.15) is 5.92 Å². The molecule has 1 atom stereocenters. The van der Waals surface area contributed by atoms with Gasteiger partial charge in [0.15, 0.2) is 5.78 Å². The summed E-state index contributed by atoms with van der Waals surface area (Å²) in [7, 11) is 0. The number of carbonyl (C=O) groups is 2. The molecule has 1 aromatic heterocycles. The fourth-order valence-electron chi connectivity index (χ4n) is 2.76. The van der Waals surface area contributed by atoms with Crippen LogP contribution in [0, 0.1) is 5.92 Å². The lowest BCUT2D eigenvalue weighted by molar-refractivity contribution is -0.146. The van der Waals surface area contributed by atoms with Gasteiger partial charge < -0.3 is 4.74 Å². The molecule has 0 N–H and O–H groups in total. The van der Waals surface area contributed by atoms with Crippen molar-refractivity contribution < 1.29 is 14.3 Å². The molecule has 1 heterocycles. The van der Waals surface area contributed by atoms with Crippen molar-refractivity contribution in [1.82, 2.24) is 10.2 Å². The first-order chi connectivity index (χ1) is 12.2. The number of carbonyl (C=O) groups excluding carboxylic acids is 2. The van der Waals surface area contributed by atoms with E-state index < -0.39 is 11.9 Å². The van der Waals surface area contributed by atoms with Gasteiger partial charge in [-0.3, -0.25) is 9.59 Å². The molecule has 5 heteroatoms. The molecule has 3 rings (SSSR count). The highest BCUT2D eigenvalue weighted by Gasteiger charge is 2.30. The normalized spacial score (nSPS) is 11.9. The number of Topliss-reactive ketones (excluding diaryl/α,β-unsaturated/α-hetero) is 1. The van der Waals surface area contributed by atoms with Crippen LogP contribution in [0.3, 0.4) is 0 Å². The van der Waals surface area contributed by atoms with E-state index in [1.807, 2.05) is 30.3 Å². The van der Waals surface area contributed by atoms with Crippen molar-refractivity contribution in [2.45, 2.75) is 13.3 Å². The minimum atomic E-state index is -0.942. The predicted molar refractivity (Wildman–Crippen MR) is 94.1 cm³/mol. The molecular formula is C20H18N2O3. The second-order valence-electron chi connectivity index (χ2n) is 5.62. The zero-order chi connectivity index (χ0) is 17.6. The van der Waals surface area contributed by atoms with Crippen LogP contribution < -0.4 is 0 Å². The number of rotatable bonds is 6. The highest BCUT2D eigenvalue weighted by molar-refractivity contribution is 6.09. The van der Waals surface area contributed by atoms with E-state index in [1.54, 1.807) is 37.4 Å².